The highest BCUT2D eigenvalue weighted by Crippen LogP contribution is 2.07. The van der Waals surface area contributed by atoms with Gasteiger partial charge in [0.05, 0.1) is 13.2 Å². The maximum atomic E-state index is 12.7. The first-order valence-electron chi connectivity index (χ1n) is 8.22. The van der Waals surface area contributed by atoms with Crippen molar-refractivity contribution in [1.82, 2.24) is 9.80 Å². The highest BCUT2D eigenvalue weighted by Gasteiger charge is 2.16. The molecule has 0 aliphatic rings. The molecule has 2 aromatic carbocycles. The Kier molecular flexibility index (Phi) is 7.46. The lowest BCUT2D eigenvalue weighted by Gasteiger charge is -2.25. The smallest absolute Gasteiger partial charge is 0.237 e. The van der Waals surface area contributed by atoms with E-state index in [9.17, 15) is 4.79 Å². The molecule has 0 fully saturated rings. The number of ether oxygens (including phenoxy) is 1. The normalized spacial score (nSPS) is 10.8. The van der Waals surface area contributed by atoms with Crippen LogP contribution in [0.25, 0.3) is 0 Å². The van der Waals surface area contributed by atoms with E-state index >= 15 is 0 Å². The van der Waals surface area contributed by atoms with Crippen molar-refractivity contribution in [2.24, 2.45) is 0 Å². The van der Waals surface area contributed by atoms with Crippen molar-refractivity contribution in [2.45, 2.75) is 13.1 Å². The maximum absolute atomic E-state index is 12.7. The molecule has 0 saturated heterocycles. The monoisotopic (exact) mass is 326 g/mol. The third-order valence-corrected chi connectivity index (χ3v) is 3.83. The minimum Gasteiger partial charge on any atom is -0.383 e. The molecule has 2 rings (SSSR count). The first-order valence-corrected chi connectivity index (χ1v) is 8.22. The quantitative estimate of drug-likeness (QED) is 0.710. The summed E-state index contributed by atoms with van der Waals surface area (Å²) in [6.45, 7) is 2.91. The zero-order valence-electron chi connectivity index (χ0n) is 14.5. The van der Waals surface area contributed by atoms with Crippen molar-refractivity contribution in [3.8, 4) is 0 Å². The maximum Gasteiger partial charge on any atom is 0.237 e. The number of benzene rings is 2. The number of carbonyl (C=O) groups excluding carboxylic acids is 1. The topological polar surface area (TPSA) is 32.8 Å². The second-order valence-corrected chi connectivity index (χ2v) is 5.95. The van der Waals surface area contributed by atoms with Gasteiger partial charge in [0.2, 0.25) is 5.91 Å². The van der Waals surface area contributed by atoms with Gasteiger partial charge in [-0.1, -0.05) is 60.7 Å². The third kappa shape index (κ3) is 6.14. The molecule has 4 nitrogen and oxygen atoms in total. The molecule has 0 aromatic heterocycles. The van der Waals surface area contributed by atoms with Gasteiger partial charge in [-0.3, -0.25) is 9.69 Å². The van der Waals surface area contributed by atoms with Crippen LogP contribution in [0.2, 0.25) is 0 Å². The van der Waals surface area contributed by atoms with Crippen LogP contribution in [-0.4, -0.2) is 49.6 Å². The number of amides is 1. The van der Waals surface area contributed by atoms with Gasteiger partial charge in [-0.05, 0) is 18.2 Å². The lowest BCUT2D eigenvalue weighted by atomic mass is 10.2. The molecule has 0 N–H and O–H groups in total. The lowest BCUT2D eigenvalue weighted by molar-refractivity contribution is -0.133. The Morgan fingerprint density at radius 2 is 1.46 bits per heavy atom. The van der Waals surface area contributed by atoms with Crippen molar-refractivity contribution in [2.75, 3.05) is 33.9 Å². The number of likely N-dealkylation sites (N-methyl/N-ethyl adjacent to an activating group) is 1. The average Bonchev–Trinajstić information content (AvgIpc) is 2.60. The zero-order chi connectivity index (χ0) is 17.2. The average molecular weight is 326 g/mol. The Hall–Kier alpha value is -2.17. The van der Waals surface area contributed by atoms with E-state index in [0.29, 0.717) is 26.2 Å². The van der Waals surface area contributed by atoms with Crippen molar-refractivity contribution >= 4 is 5.91 Å². The summed E-state index contributed by atoms with van der Waals surface area (Å²) < 4.78 is 5.15. The van der Waals surface area contributed by atoms with Crippen LogP contribution < -0.4 is 0 Å². The molecule has 0 saturated carbocycles. The third-order valence-electron chi connectivity index (χ3n) is 3.83. The zero-order valence-corrected chi connectivity index (χ0v) is 14.5. The molecule has 0 atom stereocenters. The Balaban J connectivity index is 1.93. The molecule has 0 radical (unpaired) electrons. The molecular weight excluding hydrogens is 300 g/mol. The van der Waals surface area contributed by atoms with Crippen LogP contribution in [0.4, 0.5) is 0 Å². The van der Waals surface area contributed by atoms with E-state index in [1.165, 1.54) is 5.56 Å². The molecule has 4 heteroatoms. The van der Waals surface area contributed by atoms with Crippen molar-refractivity contribution in [3.63, 3.8) is 0 Å². The number of nitrogens with zero attached hydrogens (tertiary/aromatic N) is 2. The molecule has 0 spiro atoms. The van der Waals surface area contributed by atoms with Gasteiger partial charge < -0.3 is 9.64 Å². The number of hydrogen-bond acceptors (Lipinski definition) is 3. The summed E-state index contributed by atoms with van der Waals surface area (Å²) in [6.07, 6.45) is 0. The summed E-state index contributed by atoms with van der Waals surface area (Å²) in [6, 6.07) is 20.3. The number of methoxy groups -OCH3 is 1. The Bertz CT molecular complexity index is 602. The highest BCUT2D eigenvalue weighted by atomic mass is 16.5. The fraction of sp³-hybridized carbons (Fsp3) is 0.350. The van der Waals surface area contributed by atoms with Gasteiger partial charge in [0.1, 0.15) is 0 Å². The highest BCUT2D eigenvalue weighted by molar-refractivity contribution is 5.78. The van der Waals surface area contributed by atoms with Gasteiger partial charge in [-0.15, -0.1) is 0 Å². The predicted octanol–water partition coefficient (Wildman–Crippen LogP) is 2.79. The van der Waals surface area contributed by atoms with Gasteiger partial charge in [0.15, 0.2) is 0 Å². The molecular formula is C20H26N2O2. The van der Waals surface area contributed by atoms with Crippen molar-refractivity contribution < 1.29 is 9.53 Å². The van der Waals surface area contributed by atoms with Crippen LogP contribution in [0.1, 0.15) is 11.1 Å². The summed E-state index contributed by atoms with van der Waals surface area (Å²) in [4.78, 5) is 16.6. The summed E-state index contributed by atoms with van der Waals surface area (Å²) in [7, 11) is 3.63. The molecule has 0 bridgehead atoms. The van der Waals surface area contributed by atoms with Crippen LogP contribution in [0, 0.1) is 0 Å². The Labute approximate surface area is 144 Å². The molecule has 0 unspecified atom stereocenters. The Morgan fingerprint density at radius 3 is 2.00 bits per heavy atom. The first-order chi connectivity index (χ1) is 11.7. The number of rotatable bonds is 9. The standard InChI is InChI=1S/C20H26N2O2/c1-21(15-18-9-5-3-6-10-18)17-20(23)22(13-14-24-2)16-19-11-7-4-8-12-19/h3-12H,13-17H2,1-2H3. The largest absolute Gasteiger partial charge is 0.383 e. The summed E-state index contributed by atoms with van der Waals surface area (Å²) in [5.74, 6) is 0.120. The van der Waals surface area contributed by atoms with Crippen LogP contribution in [0.15, 0.2) is 60.7 Å². The van der Waals surface area contributed by atoms with Gasteiger partial charge in [0.25, 0.3) is 0 Å². The van der Waals surface area contributed by atoms with Crippen LogP contribution in [0.5, 0.6) is 0 Å². The Morgan fingerprint density at radius 1 is 0.917 bits per heavy atom. The summed E-state index contributed by atoms with van der Waals surface area (Å²) >= 11 is 0. The minimum absolute atomic E-state index is 0.120. The minimum atomic E-state index is 0.120. The molecule has 1 amide bonds. The second-order valence-electron chi connectivity index (χ2n) is 5.95. The van der Waals surface area contributed by atoms with Crippen molar-refractivity contribution in [1.29, 1.82) is 0 Å². The van der Waals surface area contributed by atoms with Gasteiger partial charge in [-0.25, -0.2) is 0 Å². The van der Waals surface area contributed by atoms with Crippen LogP contribution in [-0.2, 0) is 22.6 Å². The fourth-order valence-corrected chi connectivity index (χ4v) is 2.58. The van der Waals surface area contributed by atoms with E-state index in [1.807, 2.05) is 65.4 Å². The van der Waals surface area contributed by atoms with E-state index < -0.39 is 0 Å². The number of carbonyl (C=O) groups is 1. The second kappa shape index (κ2) is 9.85. The summed E-state index contributed by atoms with van der Waals surface area (Å²) in [5, 5.41) is 0. The SMILES string of the molecule is COCCN(Cc1ccccc1)C(=O)CN(C)Cc1ccccc1. The molecule has 0 aliphatic heterocycles. The molecule has 128 valence electrons. The lowest BCUT2D eigenvalue weighted by Crippen LogP contribution is -2.40. The van der Waals surface area contributed by atoms with E-state index in [0.717, 1.165) is 12.1 Å². The molecule has 0 heterocycles. The van der Waals surface area contributed by atoms with E-state index in [2.05, 4.69) is 12.1 Å². The van der Waals surface area contributed by atoms with E-state index in [4.69, 9.17) is 4.74 Å². The van der Waals surface area contributed by atoms with E-state index in [1.54, 1.807) is 7.11 Å². The first kappa shape index (κ1) is 18.2. The predicted molar refractivity (Wildman–Crippen MR) is 96.5 cm³/mol. The molecule has 0 aliphatic carbocycles. The molecule has 24 heavy (non-hydrogen) atoms. The van der Waals surface area contributed by atoms with Gasteiger partial charge in [0, 0.05) is 26.7 Å². The van der Waals surface area contributed by atoms with Gasteiger partial charge in [-0.2, -0.15) is 0 Å². The van der Waals surface area contributed by atoms with Crippen LogP contribution in [0.3, 0.4) is 0 Å². The van der Waals surface area contributed by atoms with Gasteiger partial charge >= 0.3 is 0 Å². The fourth-order valence-electron chi connectivity index (χ4n) is 2.58. The van der Waals surface area contributed by atoms with Crippen LogP contribution >= 0.6 is 0 Å². The number of hydrogen-bond donors (Lipinski definition) is 0. The van der Waals surface area contributed by atoms with E-state index in [-0.39, 0.29) is 5.91 Å². The molecule has 2 aromatic rings. The summed E-state index contributed by atoms with van der Waals surface area (Å²) in [5.41, 5.74) is 2.34. The van der Waals surface area contributed by atoms with Crippen molar-refractivity contribution in [3.05, 3.63) is 71.8 Å².